The summed E-state index contributed by atoms with van der Waals surface area (Å²) in [4.78, 5) is 56.5. The van der Waals surface area contributed by atoms with Crippen LogP contribution in [0.1, 0.15) is 142 Å². The second kappa shape index (κ2) is 27.6. The molecule has 0 bridgehead atoms. The van der Waals surface area contributed by atoms with Gasteiger partial charge in [0.25, 0.3) is 0 Å². The average molecular weight is 1120 g/mol. The molecule has 1 aliphatic carbocycles. The van der Waals surface area contributed by atoms with Crippen molar-refractivity contribution < 1.29 is 82.5 Å². The molecular formula is C58H93N3O18. The smallest absolute Gasteiger partial charge is 0.341 e. The third kappa shape index (κ3) is 15.7. The van der Waals surface area contributed by atoms with E-state index in [2.05, 4.69) is 0 Å². The summed E-state index contributed by atoms with van der Waals surface area (Å²) >= 11 is 0. The first-order valence-electron chi connectivity index (χ1n) is 28.5. The number of aliphatic hydroxyl groups is 4. The van der Waals surface area contributed by atoms with Crippen LogP contribution in [0.15, 0.2) is 29.2 Å². The number of carboxylic acids is 1. The van der Waals surface area contributed by atoms with Crippen LogP contribution in [0.25, 0.3) is 10.9 Å². The SMILES string of the molecule is CC[C@H]1OC(=O)[C@H](C)[C@@H](O[C@H]2C[C@@](C)(OC)[C@@H](OC(=O)CCOCCOCCCc3ccc4c(c3)c(=O)c(C(=O)O)cn4C3CC3)[C@H](C)O2)[C@H](C)[C@@H](O[C@@H]2O[C@H](C)C[C@H](N(C)C)[C@H]2O)[C@](C)(O)CCCN(C)[C@H](C)[C@@H](O)[C@]1(C)O. The topological polar surface area (TPSA) is 264 Å². The number of methoxy groups -OCH3 is 1. The van der Waals surface area contributed by atoms with Crippen molar-refractivity contribution in [3.8, 4) is 0 Å². The standard InChI is InChI=1S/C58H93N3O18/c1-14-44-58(9,70)50(65)36(5)60(12)24-16-23-56(7,69)51(79-55-48(64)43(59(10)11)29-33(2)74-55)34(3)49(35(4)54(68)76-44)78-46-31-57(8,71-13)52(37(6)75-46)77-45(62)22-26-73-28-27-72-25-15-17-38-18-21-42-40(30-38)47(63)41(53(66)67)32-61(42)39-19-20-39/h18,21,30,32-37,39,43-44,46,48-52,55,64-65,69-70H,14-17,19-20,22-29,31H2,1-13H3,(H,66,67)/t33-,34+,35-,36-,37+,43+,44-,46+,48-,49+,50-,51-,52+,55+,56-,57-,58-/m1/s1. The fraction of sp³-hybridized carbons (Fsp3) is 0.793. The molecule has 448 valence electrons. The molecule has 0 spiro atoms. The van der Waals surface area contributed by atoms with Crippen molar-refractivity contribution in [3.05, 3.63) is 45.7 Å². The second-order valence-corrected chi connectivity index (χ2v) is 23.7. The first kappa shape index (κ1) is 64.5. The van der Waals surface area contributed by atoms with Crippen molar-refractivity contribution in [1.82, 2.24) is 14.4 Å². The maximum Gasteiger partial charge on any atom is 0.341 e. The zero-order chi connectivity index (χ0) is 58.3. The summed E-state index contributed by atoms with van der Waals surface area (Å²) in [6.07, 6.45) is -4.01. The number of ether oxygens (including phenoxy) is 9. The van der Waals surface area contributed by atoms with Gasteiger partial charge in [0.15, 0.2) is 18.7 Å². The van der Waals surface area contributed by atoms with E-state index in [-0.39, 0.29) is 69.3 Å². The number of likely N-dealkylation sites (N-methyl/N-ethyl adjacent to an activating group) is 2. The van der Waals surface area contributed by atoms with Crippen LogP contribution in [0.2, 0.25) is 0 Å². The minimum atomic E-state index is -1.85. The highest BCUT2D eigenvalue weighted by molar-refractivity contribution is 5.92. The van der Waals surface area contributed by atoms with Crippen molar-refractivity contribution in [3.63, 3.8) is 0 Å². The van der Waals surface area contributed by atoms with E-state index < -0.39 is 113 Å². The maximum absolute atomic E-state index is 14.5. The summed E-state index contributed by atoms with van der Waals surface area (Å²) in [5, 5.41) is 57.8. The van der Waals surface area contributed by atoms with Crippen molar-refractivity contribution in [2.45, 2.75) is 223 Å². The normalized spacial score (nSPS) is 36.6. The molecule has 17 atom stereocenters. The van der Waals surface area contributed by atoms with Gasteiger partial charge in [0, 0.05) is 55.8 Å². The van der Waals surface area contributed by atoms with E-state index in [1.165, 1.54) is 20.2 Å². The van der Waals surface area contributed by atoms with E-state index in [4.69, 9.17) is 42.6 Å². The Labute approximate surface area is 466 Å². The molecule has 2 aromatic rings. The molecule has 1 aromatic heterocycles. The lowest BCUT2D eigenvalue weighted by molar-refractivity contribution is -0.318. The quantitative estimate of drug-likeness (QED) is 0.0895. The van der Waals surface area contributed by atoms with Crippen LogP contribution in [-0.4, -0.2) is 209 Å². The molecule has 0 amide bonds. The number of hydrogen-bond donors (Lipinski definition) is 5. The number of rotatable bonds is 20. The monoisotopic (exact) mass is 1120 g/mol. The summed E-state index contributed by atoms with van der Waals surface area (Å²) in [6.45, 7) is 16.9. The van der Waals surface area contributed by atoms with Gasteiger partial charge in [-0.05, 0) is 145 Å². The predicted octanol–water partition coefficient (Wildman–Crippen LogP) is 4.61. The Morgan fingerprint density at radius 3 is 2.24 bits per heavy atom. The summed E-state index contributed by atoms with van der Waals surface area (Å²) in [5.41, 5.74) is -3.69. The predicted molar refractivity (Wildman–Crippen MR) is 292 cm³/mol. The molecule has 5 N–H and O–H groups in total. The Morgan fingerprint density at radius 2 is 1.61 bits per heavy atom. The maximum atomic E-state index is 14.5. The Bertz CT molecular complexity index is 2400. The minimum Gasteiger partial charge on any atom is -0.477 e. The number of aromatic nitrogens is 1. The molecule has 4 aliphatic rings. The van der Waals surface area contributed by atoms with E-state index in [1.54, 1.807) is 54.5 Å². The third-order valence-electron chi connectivity index (χ3n) is 17.1. The highest BCUT2D eigenvalue weighted by atomic mass is 16.7. The number of carbonyl (C=O) groups excluding carboxylic acids is 2. The Morgan fingerprint density at radius 1 is 0.924 bits per heavy atom. The molecule has 3 saturated heterocycles. The van der Waals surface area contributed by atoms with E-state index in [9.17, 15) is 44.7 Å². The van der Waals surface area contributed by atoms with E-state index in [1.807, 2.05) is 54.6 Å². The van der Waals surface area contributed by atoms with Gasteiger partial charge in [-0.1, -0.05) is 19.9 Å². The molecule has 0 radical (unpaired) electrons. The lowest BCUT2D eigenvalue weighted by Gasteiger charge is -2.49. The zero-order valence-corrected chi connectivity index (χ0v) is 49.0. The van der Waals surface area contributed by atoms with Crippen molar-refractivity contribution in [2.75, 3.05) is 61.2 Å². The lowest BCUT2D eigenvalue weighted by atomic mass is 9.79. The average Bonchev–Trinajstić information content (AvgIpc) is 4.47. The number of nitrogens with zero attached hydrogens (tertiary/aromatic N) is 3. The number of cyclic esters (lactones) is 1. The molecule has 4 fully saturated rings. The number of fused-ring (bicyclic) bond motifs is 1. The van der Waals surface area contributed by atoms with Crippen molar-refractivity contribution in [2.24, 2.45) is 11.8 Å². The van der Waals surface area contributed by atoms with Crippen LogP contribution in [0, 0.1) is 11.8 Å². The van der Waals surface area contributed by atoms with E-state index in [0.717, 1.165) is 23.9 Å². The molecule has 3 aliphatic heterocycles. The number of esters is 2. The third-order valence-corrected chi connectivity index (χ3v) is 17.1. The van der Waals surface area contributed by atoms with Crippen molar-refractivity contribution >= 4 is 28.8 Å². The number of carbonyl (C=O) groups is 3. The van der Waals surface area contributed by atoms with Gasteiger partial charge in [-0.3, -0.25) is 14.4 Å². The van der Waals surface area contributed by atoms with Gasteiger partial charge in [-0.2, -0.15) is 0 Å². The number of pyridine rings is 1. The molecule has 0 unspecified atom stereocenters. The summed E-state index contributed by atoms with van der Waals surface area (Å²) < 4.78 is 58.0. The van der Waals surface area contributed by atoms with Gasteiger partial charge >= 0.3 is 17.9 Å². The molecule has 21 heteroatoms. The van der Waals surface area contributed by atoms with Crippen LogP contribution in [0.4, 0.5) is 0 Å². The number of benzene rings is 1. The summed E-state index contributed by atoms with van der Waals surface area (Å²) in [5.74, 6) is -4.44. The summed E-state index contributed by atoms with van der Waals surface area (Å²) in [6, 6.07) is 4.94. The first-order chi connectivity index (χ1) is 37.1. The number of hydrogen-bond acceptors (Lipinski definition) is 19. The number of aryl methyl sites for hydroxylation is 1. The van der Waals surface area contributed by atoms with Crippen molar-refractivity contribution in [1.29, 1.82) is 0 Å². The van der Waals surface area contributed by atoms with Gasteiger partial charge in [-0.25, -0.2) is 4.79 Å². The highest BCUT2D eigenvalue weighted by Gasteiger charge is 2.53. The Hall–Kier alpha value is -3.68. The number of aromatic carboxylic acids is 1. The van der Waals surface area contributed by atoms with Crippen LogP contribution < -0.4 is 5.43 Å². The molecule has 1 saturated carbocycles. The lowest BCUT2D eigenvalue weighted by Crippen LogP contribution is -2.61. The van der Waals surface area contributed by atoms with Gasteiger partial charge in [0.1, 0.15) is 35.1 Å². The zero-order valence-electron chi connectivity index (χ0n) is 49.0. The number of carboxylic acid groups (broad SMARTS) is 1. The van der Waals surface area contributed by atoms with E-state index in [0.29, 0.717) is 44.2 Å². The van der Waals surface area contributed by atoms with Crippen LogP contribution in [-0.2, 0) is 58.6 Å². The molecule has 21 nitrogen and oxygen atoms in total. The fourth-order valence-electron chi connectivity index (χ4n) is 11.9. The van der Waals surface area contributed by atoms with E-state index >= 15 is 0 Å². The minimum absolute atomic E-state index is 0.0361. The Kier molecular flexibility index (Phi) is 22.5. The molecule has 1 aromatic carbocycles. The largest absolute Gasteiger partial charge is 0.477 e. The molecule has 79 heavy (non-hydrogen) atoms. The summed E-state index contributed by atoms with van der Waals surface area (Å²) in [7, 11) is 7.05. The van der Waals surface area contributed by atoms with Gasteiger partial charge in [-0.15, -0.1) is 0 Å². The van der Waals surface area contributed by atoms with Gasteiger partial charge in [0.2, 0.25) is 5.43 Å². The fourth-order valence-corrected chi connectivity index (χ4v) is 11.9. The first-order valence-corrected chi connectivity index (χ1v) is 28.5. The Balaban J connectivity index is 1.09. The molecule has 4 heterocycles. The highest BCUT2D eigenvalue weighted by Crippen LogP contribution is 2.41. The molecular weight excluding hydrogens is 1030 g/mol. The van der Waals surface area contributed by atoms with Crippen LogP contribution in [0.3, 0.4) is 0 Å². The van der Waals surface area contributed by atoms with Crippen LogP contribution >= 0.6 is 0 Å². The van der Waals surface area contributed by atoms with Gasteiger partial charge in [0.05, 0.1) is 67.7 Å². The van der Waals surface area contributed by atoms with Gasteiger partial charge < -0.3 is 82.5 Å². The number of aliphatic hydroxyl groups excluding tert-OH is 2. The molecule has 6 rings (SSSR count). The van der Waals surface area contributed by atoms with Crippen LogP contribution in [0.5, 0.6) is 0 Å². The second-order valence-electron chi connectivity index (χ2n) is 23.7.